The van der Waals surface area contributed by atoms with Gasteiger partial charge in [0, 0.05) is 12.1 Å². The molecule has 0 aliphatic carbocycles. The Hall–Kier alpha value is -1.93. The normalized spacial score (nSPS) is 32.5. The fourth-order valence-electron chi connectivity index (χ4n) is 3.69. The molecule has 130 valence electrons. The molecule has 3 aliphatic heterocycles. The van der Waals surface area contributed by atoms with Crippen molar-refractivity contribution in [3.8, 4) is 5.75 Å². The number of fused-ring (bicyclic) bond motifs is 4. The van der Waals surface area contributed by atoms with Crippen LogP contribution in [0.5, 0.6) is 5.75 Å². The van der Waals surface area contributed by atoms with Gasteiger partial charge in [-0.2, -0.15) is 8.42 Å². The SMILES string of the molecule is Cc1ccc2c(c1)[C@@H]1OC[C@@]3(c4ccccc4)O[C@H]3CN1S(=O)(=O)O2. The summed E-state index contributed by atoms with van der Waals surface area (Å²) in [6, 6.07) is 15.2. The molecule has 3 heterocycles. The zero-order valence-electron chi connectivity index (χ0n) is 13.6. The maximum Gasteiger partial charge on any atom is 0.387 e. The molecule has 2 fully saturated rings. The van der Waals surface area contributed by atoms with Gasteiger partial charge in [0.15, 0.2) is 12.0 Å². The van der Waals surface area contributed by atoms with Crippen molar-refractivity contribution in [2.45, 2.75) is 24.9 Å². The van der Waals surface area contributed by atoms with E-state index in [1.165, 1.54) is 4.31 Å². The van der Waals surface area contributed by atoms with Crippen molar-refractivity contribution in [2.24, 2.45) is 0 Å². The monoisotopic (exact) mass is 359 g/mol. The number of hydrogen-bond acceptors (Lipinski definition) is 5. The van der Waals surface area contributed by atoms with Crippen LogP contribution in [-0.4, -0.2) is 32.0 Å². The summed E-state index contributed by atoms with van der Waals surface area (Å²) in [7, 11) is -3.92. The molecule has 25 heavy (non-hydrogen) atoms. The first kappa shape index (κ1) is 15.3. The molecule has 2 saturated heterocycles. The van der Waals surface area contributed by atoms with Crippen molar-refractivity contribution in [3.05, 3.63) is 65.2 Å². The van der Waals surface area contributed by atoms with Crippen molar-refractivity contribution in [2.75, 3.05) is 13.2 Å². The van der Waals surface area contributed by atoms with Crippen molar-refractivity contribution in [1.82, 2.24) is 4.31 Å². The standard InChI is InChI=1S/C18H17NO5S/c1-12-7-8-15-14(9-12)17-19(25(20,21)24-15)10-16-18(23-16,11-22-17)13-5-3-2-4-6-13/h2-9,16-17H,10-11H2,1H3/t16-,17-,18-/m0/s1. The third kappa shape index (κ3) is 2.23. The maximum atomic E-state index is 12.6. The molecule has 0 radical (unpaired) electrons. The largest absolute Gasteiger partial charge is 0.387 e. The Labute approximate surface area is 146 Å². The Bertz CT molecular complexity index is 945. The second-order valence-corrected chi connectivity index (χ2v) is 8.17. The molecule has 3 aliphatic rings. The number of hydrogen-bond donors (Lipinski definition) is 0. The van der Waals surface area contributed by atoms with Crippen LogP contribution in [0.25, 0.3) is 0 Å². The van der Waals surface area contributed by atoms with Crippen molar-refractivity contribution >= 4 is 10.3 Å². The predicted molar refractivity (Wildman–Crippen MR) is 89.1 cm³/mol. The Morgan fingerprint density at radius 1 is 1.16 bits per heavy atom. The van der Waals surface area contributed by atoms with Crippen molar-refractivity contribution in [1.29, 1.82) is 0 Å². The van der Waals surface area contributed by atoms with Gasteiger partial charge >= 0.3 is 10.3 Å². The van der Waals surface area contributed by atoms with Gasteiger partial charge in [-0.25, -0.2) is 0 Å². The van der Waals surface area contributed by atoms with E-state index in [-0.39, 0.29) is 12.6 Å². The highest BCUT2D eigenvalue weighted by Gasteiger charge is 2.63. The maximum absolute atomic E-state index is 12.6. The van der Waals surface area contributed by atoms with Crippen LogP contribution in [0.3, 0.4) is 0 Å². The molecule has 0 bridgehead atoms. The fraction of sp³-hybridized carbons (Fsp3) is 0.333. The molecular weight excluding hydrogens is 342 g/mol. The molecule has 0 N–H and O–H groups in total. The minimum Gasteiger partial charge on any atom is -0.370 e. The molecule has 6 nitrogen and oxygen atoms in total. The minimum absolute atomic E-state index is 0.204. The summed E-state index contributed by atoms with van der Waals surface area (Å²) < 4.78 is 43.7. The minimum atomic E-state index is -3.92. The summed E-state index contributed by atoms with van der Waals surface area (Å²) in [6.45, 7) is 2.46. The average Bonchev–Trinajstić information content (AvgIpc) is 3.31. The zero-order valence-corrected chi connectivity index (χ0v) is 14.4. The molecule has 0 saturated carbocycles. The number of epoxide rings is 1. The van der Waals surface area contributed by atoms with Gasteiger partial charge in [-0.3, -0.25) is 0 Å². The topological polar surface area (TPSA) is 68.4 Å². The van der Waals surface area contributed by atoms with Crippen LogP contribution in [-0.2, 0) is 25.4 Å². The van der Waals surface area contributed by atoms with E-state index < -0.39 is 22.1 Å². The first-order valence-corrected chi connectivity index (χ1v) is 9.53. The summed E-state index contributed by atoms with van der Waals surface area (Å²) >= 11 is 0. The Morgan fingerprint density at radius 3 is 2.76 bits per heavy atom. The van der Waals surface area contributed by atoms with E-state index in [1.54, 1.807) is 6.07 Å². The molecule has 2 aromatic carbocycles. The van der Waals surface area contributed by atoms with Crippen LogP contribution >= 0.6 is 0 Å². The zero-order chi connectivity index (χ0) is 17.2. The summed E-state index contributed by atoms with van der Waals surface area (Å²) in [4.78, 5) is 0. The third-order valence-electron chi connectivity index (χ3n) is 5.05. The van der Waals surface area contributed by atoms with Gasteiger partial charge in [-0.1, -0.05) is 42.0 Å². The summed E-state index contributed by atoms with van der Waals surface area (Å²) in [5.41, 5.74) is 2.17. The first-order valence-electron chi connectivity index (χ1n) is 8.16. The first-order chi connectivity index (χ1) is 12.0. The molecule has 3 atom stereocenters. The lowest BCUT2D eigenvalue weighted by atomic mass is 9.96. The predicted octanol–water partition coefficient (Wildman–Crippen LogP) is 2.26. The van der Waals surface area contributed by atoms with E-state index in [0.29, 0.717) is 12.4 Å². The fourth-order valence-corrected chi connectivity index (χ4v) is 4.89. The smallest absolute Gasteiger partial charge is 0.370 e. The van der Waals surface area contributed by atoms with E-state index in [0.717, 1.165) is 16.7 Å². The van der Waals surface area contributed by atoms with Gasteiger partial charge in [0.05, 0.1) is 6.61 Å². The van der Waals surface area contributed by atoms with Crippen LogP contribution in [0.2, 0.25) is 0 Å². The van der Waals surface area contributed by atoms with Crippen LogP contribution in [0.15, 0.2) is 48.5 Å². The molecule has 2 aromatic rings. The van der Waals surface area contributed by atoms with E-state index >= 15 is 0 Å². The van der Waals surface area contributed by atoms with Crippen molar-refractivity contribution < 1.29 is 22.1 Å². The number of aryl methyl sites for hydroxylation is 1. The second-order valence-electron chi connectivity index (χ2n) is 6.68. The molecule has 0 aromatic heterocycles. The summed E-state index contributed by atoms with van der Waals surface area (Å²) in [6.07, 6.45) is -0.935. The highest BCUT2D eigenvalue weighted by molar-refractivity contribution is 7.84. The summed E-state index contributed by atoms with van der Waals surface area (Å²) in [5.74, 6) is 0.331. The van der Waals surface area contributed by atoms with Gasteiger partial charge in [-0.05, 0) is 24.6 Å². The van der Waals surface area contributed by atoms with Gasteiger partial charge < -0.3 is 13.7 Å². The Kier molecular flexibility index (Phi) is 3.09. The van der Waals surface area contributed by atoms with E-state index in [1.807, 2.05) is 49.4 Å². The number of ether oxygens (including phenoxy) is 2. The third-order valence-corrected chi connectivity index (χ3v) is 6.36. The van der Waals surface area contributed by atoms with Crippen LogP contribution in [0.4, 0.5) is 0 Å². The molecule has 0 amide bonds. The number of nitrogens with zero attached hydrogens (tertiary/aromatic N) is 1. The quantitative estimate of drug-likeness (QED) is 0.731. The lowest BCUT2D eigenvalue weighted by molar-refractivity contribution is -0.0503. The van der Waals surface area contributed by atoms with Crippen LogP contribution in [0.1, 0.15) is 22.9 Å². The molecule has 5 rings (SSSR count). The van der Waals surface area contributed by atoms with E-state index in [2.05, 4.69) is 0 Å². The number of rotatable bonds is 1. The molecule has 0 unspecified atom stereocenters. The lowest BCUT2D eigenvalue weighted by Gasteiger charge is -2.34. The molecular formula is C18H17NO5S. The van der Waals surface area contributed by atoms with Gasteiger partial charge in [0.2, 0.25) is 0 Å². The van der Waals surface area contributed by atoms with Crippen LogP contribution < -0.4 is 4.18 Å². The highest BCUT2D eigenvalue weighted by atomic mass is 32.2. The lowest BCUT2D eigenvalue weighted by Crippen LogP contribution is -2.43. The Balaban J connectivity index is 1.57. The number of benzene rings is 2. The van der Waals surface area contributed by atoms with Crippen LogP contribution in [0, 0.1) is 6.92 Å². The molecule has 7 heteroatoms. The van der Waals surface area contributed by atoms with Gasteiger partial charge in [0.1, 0.15) is 11.7 Å². The molecule has 0 spiro atoms. The highest BCUT2D eigenvalue weighted by Crippen LogP contribution is 2.52. The van der Waals surface area contributed by atoms with E-state index in [9.17, 15) is 8.42 Å². The average molecular weight is 359 g/mol. The van der Waals surface area contributed by atoms with E-state index in [4.69, 9.17) is 13.7 Å². The summed E-state index contributed by atoms with van der Waals surface area (Å²) in [5, 5.41) is 0. The second kappa shape index (κ2) is 5.04. The Morgan fingerprint density at radius 2 is 1.96 bits per heavy atom. The van der Waals surface area contributed by atoms with Crippen molar-refractivity contribution in [3.63, 3.8) is 0 Å². The van der Waals surface area contributed by atoms with Gasteiger partial charge in [0.25, 0.3) is 0 Å². The van der Waals surface area contributed by atoms with Gasteiger partial charge in [-0.15, -0.1) is 4.31 Å².